The van der Waals surface area contributed by atoms with Crippen molar-refractivity contribution in [2.24, 2.45) is 5.92 Å². The summed E-state index contributed by atoms with van der Waals surface area (Å²) in [6.45, 7) is 6.88. The van der Waals surface area contributed by atoms with E-state index in [1.54, 1.807) is 17.0 Å². The second kappa shape index (κ2) is 6.85. The van der Waals surface area contributed by atoms with Gasteiger partial charge in [-0.1, -0.05) is 20.8 Å². The Hall–Kier alpha value is -1.76. The molecule has 0 radical (unpaired) electrons. The van der Waals surface area contributed by atoms with E-state index in [4.69, 9.17) is 6.42 Å². The number of nitrogens with one attached hydrogen (secondary N) is 1. The van der Waals surface area contributed by atoms with Crippen LogP contribution in [0, 0.1) is 18.3 Å². The minimum atomic E-state index is -0.0818. The van der Waals surface area contributed by atoms with Gasteiger partial charge in [-0.15, -0.1) is 12.3 Å². The highest BCUT2D eigenvalue weighted by Crippen LogP contribution is 2.05. The van der Waals surface area contributed by atoms with E-state index in [0.29, 0.717) is 24.7 Å². The third kappa shape index (κ3) is 3.92. The Labute approximate surface area is 108 Å². The first-order valence-electron chi connectivity index (χ1n) is 6.33. The molecular weight excluding hydrogens is 226 g/mol. The average Bonchev–Trinajstić information content (AvgIpc) is 2.32. The molecule has 0 saturated carbocycles. The summed E-state index contributed by atoms with van der Waals surface area (Å²) in [6.07, 6.45) is 10.1. The summed E-state index contributed by atoms with van der Waals surface area (Å²) in [5, 5.41) is 3.12. The molecule has 18 heavy (non-hydrogen) atoms. The molecule has 0 amide bonds. The first-order valence-corrected chi connectivity index (χ1v) is 6.33. The fourth-order valence-corrected chi connectivity index (χ4v) is 1.72. The second-order valence-corrected chi connectivity index (χ2v) is 4.78. The van der Waals surface area contributed by atoms with Crippen molar-refractivity contribution in [2.75, 3.05) is 5.32 Å². The number of nitrogens with zero attached hydrogens (tertiary/aromatic N) is 2. The summed E-state index contributed by atoms with van der Waals surface area (Å²) in [5.74, 6) is 3.42. The van der Waals surface area contributed by atoms with Crippen LogP contribution in [0.3, 0.4) is 0 Å². The number of terminal acetylenes is 1. The van der Waals surface area contributed by atoms with E-state index >= 15 is 0 Å². The summed E-state index contributed by atoms with van der Waals surface area (Å²) in [6, 6.07) is 0.102. The van der Waals surface area contributed by atoms with Crippen molar-refractivity contribution < 1.29 is 0 Å². The fourth-order valence-electron chi connectivity index (χ4n) is 1.72. The van der Waals surface area contributed by atoms with Gasteiger partial charge in [-0.2, -0.15) is 0 Å². The molecule has 0 spiro atoms. The van der Waals surface area contributed by atoms with E-state index in [9.17, 15) is 4.79 Å². The molecule has 1 unspecified atom stereocenters. The summed E-state index contributed by atoms with van der Waals surface area (Å²) < 4.78 is 1.68. The van der Waals surface area contributed by atoms with E-state index in [0.717, 1.165) is 6.42 Å². The Bertz CT molecular complexity index is 471. The molecular formula is C14H21N3O. The van der Waals surface area contributed by atoms with E-state index in [1.165, 1.54) is 0 Å². The SMILES string of the molecule is C#CCC(CC)Nc1nccn(CC(C)C)c1=O. The highest BCUT2D eigenvalue weighted by molar-refractivity contribution is 5.32. The number of anilines is 1. The maximum Gasteiger partial charge on any atom is 0.293 e. The van der Waals surface area contributed by atoms with E-state index in [2.05, 4.69) is 30.1 Å². The Kier molecular flexibility index (Phi) is 5.44. The molecule has 4 heteroatoms. The largest absolute Gasteiger partial charge is 0.362 e. The van der Waals surface area contributed by atoms with Crippen molar-refractivity contribution in [1.29, 1.82) is 0 Å². The van der Waals surface area contributed by atoms with Crippen LogP contribution in [0.4, 0.5) is 5.82 Å². The van der Waals surface area contributed by atoms with Crippen LogP contribution in [0.2, 0.25) is 0 Å². The molecule has 0 fully saturated rings. The molecule has 0 aliphatic carbocycles. The molecule has 1 heterocycles. The lowest BCUT2D eigenvalue weighted by Gasteiger charge is -2.15. The van der Waals surface area contributed by atoms with Gasteiger partial charge in [-0.05, 0) is 12.3 Å². The van der Waals surface area contributed by atoms with Gasteiger partial charge in [0.2, 0.25) is 0 Å². The zero-order valence-corrected chi connectivity index (χ0v) is 11.3. The topological polar surface area (TPSA) is 46.9 Å². The van der Waals surface area contributed by atoms with Crippen LogP contribution < -0.4 is 10.9 Å². The van der Waals surface area contributed by atoms with Gasteiger partial charge in [0.25, 0.3) is 5.56 Å². The number of hydrogen-bond donors (Lipinski definition) is 1. The van der Waals surface area contributed by atoms with Crippen molar-refractivity contribution in [2.45, 2.75) is 46.2 Å². The standard InChI is InChI=1S/C14H21N3O/c1-5-7-12(6-2)16-13-14(18)17(9-8-15-13)10-11(3)4/h1,8-9,11-12H,6-7,10H2,2-4H3,(H,15,16). The first-order chi connectivity index (χ1) is 8.58. The third-order valence-electron chi connectivity index (χ3n) is 2.67. The normalized spacial score (nSPS) is 12.2. The quantitative estimate of drug-likeness (QED) is 0.783. The van der Waals surface area contributed by atoms with Gasteiger partial charge in [0.15, 0.2) is 5.82 Å². The third-order valence-corrected chi connectivity index (χ3v) is 2.67. The smallest absolute Gasteiger partial charge is 0.293 e. The van der Waals surface area contributed by atoms with Gasteiger partial charge in [0.1, 0.15) is 0 Å². The van der Waals surface area contributed by atoms with Crippen molar-refractivity contribution in [3.8, 4) is 12.3 Å². The Morgan fingerprint density at radius 3 is 2.83 bits per heavy atom. The van der Waals surface area contributed by atoms with Gasteiger partial charge in [-0.3, -0.25) is 4.79 Å². The molecule has 4 nitrogen and oxygen atoms in total. The highest BCUT2D eigenvalue weighted by atomic mass is 16.1. The van der Waals surface area contributed by atoms with Crippen LogP contribution in [-0.4, -0.2) is 15.6 Å². The van der Waals surface area contributed by atoms with Crippen LogP contribution in [0.5, 0.6) is 0 Å². The molecule has 1 atom stereocenters. The molecule has 0 aromatic carbocycles. The second-order valence-electron chi connectivity index (χ2n) is 4.78. The number of rotatable bonds is 6. The lowest BCUT2D eigenvalue weighted by atomic mass is 10.1. The van der Waals surface area contributed by atoms with E-state index in [-0.39, 0.29) is 11.6 Å². The predicted molar refractivity (Wildman–Crippen MR) is 74.5 cm³/mol. The molecule has 1 N–H and O–H groups in total. The maximum atomic E-state index is 12.1. The molecule has 0 saturated heterocycles. The van der Waals surface area contributed by atoms with Crippen molar-refractivity contribution >= 4 is 5.82 Å². The van der Waals surface area contributed by atoms with Gasteiger partial charge >= 0.3 is 0 Å². The summed E-state index contributed by atoms with van der Waals surface area (Å²) >= 11 is 0. The number of aromatic nitrogens is 2. The van der Waals surface area contributed by atoms with Gasteiger partial charge in [0.05, 0.1) is 0 Å². The molecule has 0 bridgehead atoms. The lowest BCUT2D eigenvalue weighted by molar-refractivity contribution is 0.509. The van der Waals surface area contributed by atoms with Crippen molar-refractivity contribution in [3.05, 3.63) is 22.7 Å². The van der Waals surface area contributed by atoms with Crippen LogP contribution >= 0.6 is 0 Å². The Morgan fingerprint density at radius 2 is 2.28 bits per heavy atom. The fraction of sp³-hybridized carbons (Fsp3) is 0.571. The van der Waals surface area contributed by atoms with Crippen LogP contribution in [0.25, 0.3) is 0 Å². The minimum Gasteiger partial charge on any atom is -0.362 e. The van der Waals surface area contributed by atoms with E-state index in [1.807, 2.05) is 6.92 Å². The van der Waals surface area contributed by atoms with E-state index < -0.39 is 0 Å². The van der Waals surface area contributed by atoms with Gasteiger partial charge < -0.3 is 9.88 Å². The monoisotopic (exact) mass is 247 g/mol. The molecule has 1 rings (SSSR count). The lowest BCUT2D eigenvalue weighted by Crippen LogP contribution is -2.29. The van der Waals surface area contributed by atoms with Gasteiger partial charge in [0, 0.05) is 31.4 Å². The van der Waals surface area contributed by atoms with Crippen molar-refractivity contribution in [1.82, 2.24) is 9.55 Å². The number of hydrogen-bond acceptors (Lipinski definition) is 3. The maximum absolute atomic E-state index is 12.1. The minimum absolute atomic E-state index is 0.0818. The predicted octanol–water partition coefficient (Wildman–Crippen LogP) is 2.11. The molecule has 0 aliphatic rings. The summed E-state index contributed by atoms with van der Waals surface area (Å²) in [5.41, 5.74) is -0.0818. The molecule has 98 valence electrons. The van der Waals surface area contributed by atoms with Crippen LogP contribution in [-0.2, 0) is 6.54 Å². The molecule has 0 aliphatic heterocycles. The van der Waals surface area contributed by atoms with Crippen LogP contribution in [0.15, 0.2) is 17.2 Å². The average molecular weight is 247 g/mol. The molecule has 1 aromatic rings. The van der Waals surface area contributed by atoms with Crippen molar-refractivity contribution in [3.63, 3.8) is 0 Å². The highest BCUT2D eigenvalue weighted by Gasteiger charge is 2.10. The Balaban J connectivity index is 2.90. The zero-order chi connectivity index (χ0) is 13.5. The first kappa shape index (κ1) is 14.3. The molecule has 1 aromatic heterocycles. The Morgan fingerprint density at radius 1 is 1.56 bits per heavy atom. The zero-order valence-electron chi connectivity index (χ0n) is 11.3. The summed E-state index contributed by atoms with van der Waals surface area (Å²) in [4.78, 5) is 16.2. The van der Waals surface area contributed by atoms with Crippen LogP contribution in [0.1, 0.15) is 33.6 Å². The van der Waals surface area contributed by atoms with Gasteiger partial charge in [-0.25, -0.2) is 4.98 Å². The summed E-state index contributed by atoms with van der Waals surface area (Å²) in [7, 11) is 0.